The summed E-state index contributed by atoms with van der Waals surface area (Å²) in [5.74, 6) is 0.770. The molecule has 7 heteroatoms. The van der Waals surface area contributed by atoms with Crippen LogP contribution >= 0.6 is 23.2 Å². The van der Waals surface area contributed by atoms with Crippen molar-refractivity contribution in [3.05, 3.63) is 94.4 Å². The van der Waals surface area contributed by atoms with E-state index in [9.17, 15) is 4.79 Å². The van der Waals surface area contributed by atoms with E-state index in [1.165, 1.54) is 0 Å². The Morgan fingerprint density at radius 1 is 1.00 bits per heavy atom. The Hall–Kier alpha value is -3.54. The Balaban J connectivity index is 1.43. The van der Waals surface area contributed by atoms with Crippen LogP contribution in [-0.2, 0) is 11.3 Å². The van der Waals surface area contributed by atoms with Crippen LogP contribution in [0.5, 0.6) is 5.75 Å². The summed E-state index contributed by atoms with van der Waals surface area (Å²) in [5.41, 5.74) is 4.90. The number of ether oxygens (including phenoxy) is 1. The maximum absolute atomic E-state index is 10.6. The smallest absolute Gasteiger partial charge is 0.303 e. The SMILES string of the molecule is CCn1cc(-c2ccc(Cl)cc2Cl)nc1/C=C/c1ccc(-c2ccc(OCCCC(=O)O)cc2)cc1. The van der Waals surface area contributed by atoms with E-state index in [1.54, 1.807) is 6.07 Å². The number of aryl methyl sites for hydroxylation is 1. The van der Waals surface area contributed by atoms with Gasteiger partial charge in [0.25, 0.3) is 0 Å². The molecular weight excluding hydrogens is 495 g/mol. The van der Waals surface area contributed by atoms with Gasteiger partial charge in [0, 0.05) is 29.7 Å². The molecule has 36 heavy (non-hydrogen) atoms. The summed E-state index contributed by atoms with van der Waals surface area (Å²) in [6.45, 7) is 3.25. The number of benzene rings is 3. The Morgan fingerprint density at radius 3 is 2.33 bits per heavy atom. The maximum atomic E-state index is 10.6. The molecule has 0 saturated carbocycles. The molecule has 0 amide bonds. The lowest BCUT2D eigenvalue weighted by atomic mass is 10.0. The first-order chi connectivity index (χ1) is 17.4. The fourth-order valence-corrected chi connectivity index (χ4v) is 4.26. The maximum Gasteiger partial charge on any atom is 0.303 e. The van der Waals surface area contributed by atoms with Crippen LogP contribution in [0.15, 0.2) is 72.9 Å². The molecule has 0 aliphatic carbocycles. The van der Waals surface area contributed by atoms with Gasteiger partial charge in [-0.25, -0.2) is 4.98 Å². The minimum absolute atomic E-state index is 0.108. The molecule has 0 unspecified atom stereocenters. The molecule has 0 bridgehead atoms. The van der Waals surface area contributed by atoms with Crippen LogP contribution in [0.4, 0.5) is 0 Å². The predicted octanol–water partition coefficient (Wildman–Crippen LogP) is 7.96. The number of aliphatic carboxylic acids is 1. The van der Waals surface area contributed by atoms with E-state index in [0.717, 1.165) is 46.1 Å². The second-order valence-corrected chi connectivity index (χ2v) is 9.06. The first-order valence-corrected chi connectivity index (χ1v) is 12.4. The van der Waals surface area contributed by atoms with Gasteiger partial charge in [0.1, 0.15) is 11.6 Å². The minimum atomic E-state index is -0.810. The van der Waals surface area contributed by atoms with Gasteiger partial charge in [-0.2, -0.15) is 0 Å². The zero-order chi connectivity index (χ0) is 25.5. The summed E-state index contributed by atoms with van der Waals surface area (Å²) in [4.78, 5) is 15.4. The molecule has 0 saturated heterocycles. The fourth-order valence-electron chi connectivity index (χ4n) is 3.76. The third-order valence-corrected chi connectivity index (χ3v) is 6.23. The highest BCUT2D eigenvalue weighted by molar-refractivity contribution is 6.36. The lowest BCUT2D eigenvalue weighted by molar-refractivity contribution is -0.137. The van der Waals surface area contributed by atoms with Gasteiger partial charge in [0.2, 0.25) is 0 Å². The van der Waals surface area contributed by atoms with Gasteiger partial charge in [0.05, 0.1) is 17.3 Å². The Labute approximate surface area is 220 Å². The molecule has 1 heterocycles. The molecular formula is C29H26Cl2N2O3. The Bertz CT molecular complexity index is 1360. The highest BCUT2D eigenvalue weighted by Crippen LogP contribution is 2.30. The molecule has 1 N–H and O–H groups in total. The molecule has 4 rings (SSSR count). The van der Waals surface area contributed by atoms with Crippen LogP contribution < -0.4 is 4.74 Å². The van der Waals surface area contributed by atoms with E-state index in [-0.39, 0.29) is 6.42 Å². The van der Waals surface area contributed by atoms with E-state index in [2.05, 4.69) is 35.8 Å². The van der Waals surface area contributed by atoms with Crippen molar-refractivity contribution in [2.75, 3.05) is 6.61 Å². The van der Waals surface area contributed by atoms with Crippen molar-refractivity contribution in [3.63, 3.8) is 0 Å². The first-order valence-electron chi connectivity index (χ1n) is 11.7. The van der Waals surface area contributed by atoms with Crippen molar-refractivity contribution in [2.24, 2.45) is 0 Å². The largest absolute Gasteiger partial charge is 0.494 e. The lowest BCUT2D eigenvalue weighted by Gasteiger charge is -2.07. The van der Waals surface area contributed by atoms with Crippen LogP contribution in [0, 0.1) is 0 Å². The molecule has 0 spiro atoms. The van der Waals surface area contributed by atoms with Gasteiger partial charge in [-0.3, -0.25) is 4.79 Å². The standard InChI is InChI=1S/C29H26Cl2N2O3/c1-2-33-19-27(25-15-12-23(30)18-26(25)31)32-28(33)16-7-20-5-8-21(9-6-20)22-10-13-24(14-11-22)36-17-3-4-29(34)35/h5-16,18-19H,2-4,17H2,1H3,(H,34,35)/b16-7+. The Kier molecular flexibility index (Phi) is 8.47. The molecule has 0 radical (unpaired) electrons. The average molecular weight is 521 g/mol. The average Bonchev–Trinajstić information content (AvgIpc) is 3.29. The van der Waals surface area contributed by atoms with Gasteiger partial charge < -0.3 is 14.4 Å². The van der Waals surface area contributed by atoms with E-state index < -0.39 is 5.97 Å². The number of aromatic nitrogens is 2. The van der Waals surface area contributed by atoms with Gasteiger partial charge in [-0.05, 0) is 66.4 Å². The van der Waals surface area contributed by atoms with Gasteiger partial charge >= 0.3 is 5.97 Å². The molecule has 0 fully saturated rings. The third kappa shape index (κ3) is 6.56. The van der Waals surface area contributed by atoms with Crippen molar-refractivity contribution in [2.45, 2.75) is 26.3 Å². The third-order valence-electron chi connectivity index (χ3n) is 5.68. The summed E-state index contributed by atoms with van der Waals surface area (Å²) in [5, 5.41) is 9.87. The van der Waals surface area contributed by atoms with Gasteiger partial charge in [-0.1, -0.05) is 65.7 Å². The van der Waals surface area contributed by atoms with E-state index in [4.69, 9.17) is 38.0 Å². The molecule has 5 nitrogen and oxygen atoms in total. The number of hydrogen-bond donors (Lipinski definition) is 1. The number of carboxylic acids is 1. The number of halogens is 2. The highest BCUT2D eigenvalue weighted by atomic mass is 35.5. The van der Waals surface area contributed by atoms with Gasteiger partial charge in [0.15, 0.2) is 0 Å². The zero-order valence-electron chi connectivity index (χ0n) is 19.8. The van der Waals surface area contributed by atoms with Crippen molar-refractivity contribution in [3.8, 4) is 28.1 Å². The highest BCUT2D eigenvalue weighted by Gasteiger charge is 2.10. The number of hydrogen-bond acceptors (Lipinski definition) is 3. The summed E-state index contributed by atoms with van der Waals surface area (Å²) in [7, 11) is 0. The summed E-state index contributed by atoms with van der Waals surface area (Å²) >= 11 is 12.4. The normalized spacial score (nSPS) is 11.2. The molecule has 184 valence electrons. The van der Waals surface area contributed by atoms with Crippen molar-refractivity contribution >= 4 is 41.3 Å². The molecule has 3 aromatic carbocycles. The number of carboxylic acid groups (broad SMARTS) is 1. The summed E-state index contributed by atoms with van der Waals surface area (Å²) < 4.78 is 7.69. The molecule has 0 aliphatic rings. The molecule has 1 aromatic heterocycles. The second-order valence-electron chi connectivity index (χ2n) is 8.22. The second kappa shape index (κ2) is 11.9. The quantitative estimate of drug-likeness (QED) is 0.215. The van der Waals surface area contributed by atoms with Crippen LogP contribution in [0.1, 0.15) is 31.2 Å². The fraction of sp³-hybridized carbons (Fsp3) is 0.172. The molecule has 0 atom stereocenters. The Morgan fingerprint density at radius 2 is 1.69 bits per heavy atom. The monoisotopic (exact) mass is 520 g/mol. The first kappa shape index (κ1) is 25.5. The summed E-state index contributed by atoms with van der Waals surface area (Å²) in [6, 6.07) is 21.5. The van der Waals surface area contributed by atoms with E-state index >= 15 is 0 Å². The van der Waals surface area contributed by atoms with Crippen molar-refractivity contribution in [1.29, 1.82) is 0 Å². The number of nitrogens with zero attached hydrogens (tertiary/aromatic N) is 2. The number of carbonyl (C=O) groups is 1. The van der Waals surface area contributed by atoms with Crippen LogP contribution in [0.3, 0.4) is 0 Å². The van der Waals surface area contributed by atoms with E-state index in [1.807, 2.05) is 54.7 Å². The topological polar surface area (TPSA) is 64.4 Å². The zero-order valence-corrected chi connectivity index (χ0v) is 21.3. The molecule has 0 aliphatic heterocycles. The summed E-state index contributed by atoms with van der Waals surface area (Å²) in [6.07, 6.45) is 6.64. The number of rotatable bonds is 10. The predicted molar refractivity (Wildman–Crippen MR) is 147 cm³/mol. The minimum Gasteiger partial charge on any atom is -0.494 e. The van der Waals surface area contributed by atoms with Crippen molar-refractivity contribution in [1.82, 2.24) is 9.55 Å². The number of imidazole rings is 1. The van der Waals surface area contributed by atoms with Crippen LogP contribution in [0.2, 0.25) is 10.0 Å². The lowest BCUT2D eigenvalue weighted by Crippen LogP contribution is -2.01. The molecule has 4 aromatic rings. The van der Waals surface area contributed by atoms with Crippen LogP contribution in [-0.4, -0.2) is 27.2 Å². The van der Waals surface area contributed by atoms with Gasteiger partial charge in [-0.15, -0.1) is 0 Å². The van der Waals surface area contributed by atoms with E-state index in [0.29, 0.717) is 23.1 Å². The van der Waals surface area contributed by atoms with Crippen LogP contribution in [0.25, 0.3) is 34.5 Å². The van der Waals surface area contributed by atoms with Crippen molar-refractivity contribution < 1.29 is 14.6 Å².